The lowest BCUT2D eigenvalue weighted by atomic mass is 10.0. The highest BCUT2D eigenvalue weighted by atomic mass is 32.2. The monoisotopic (exact) mass is 397 g/mol. The zero-order valence-electron chi connectivity index (χ0n) is 14.7. The molecule has 142 valence electrons. The highest BCUT2D eigenvalue weighted by Crippen LogP contribution is 2.42. The summed E-state index contributed by atoms with van der Waals surface area (Å²) in [6, 6.07) is 15.5. The van der Waals surface area contributed by atoms with Crippen molar-refractivity contribution in [1.82, 2.24) is 10.3 Å². The van der Waals surface area contributed by atoms with Crippen LogP contribution >= 0.6 is 0 Å². The maximum absolute atomic E-state index is 13.8. The first-order valence-electron chi connectivity index (χ1n) is 8.55. The molecule has 0 saturated carbocycles. The number of amides is 1. The largest absolute Gasteiger partial charge is 0.349 e. The van der Waals surface area contributed by atoms with Gasteiger partial charge in [-0.2, -0.15) is 0 Å². The van der Waals surface area contributed by atoms with Crippen LogP contribution in [0.3, 0.4) is 0 Å². The first kappa shape index (κ1) is 18.1. The number of fused-ring (bicyclic) bond motifs is 3. The van der Waals surface area contributed by atoms with E-state index < -0.39 is 28.3 Å². The van der Waals surface area contributed by atoms with Crippen molar-refractivity contribution in [3.63, 3.8) is 0 Å². The van der Waals surface area contributed by atoms with Gasteiger partial charge in [0.15, 0.2) is 0 Å². The molecule has 0 saturated heterocycles. The number of benzene rings is 2. The van der Waals surface area contributed by atoms with Crippen molar-refractivity contribution in [3.8, 4) is 11.1 Å². The summed E-state index contributed by atoms with van der Waals surface area (Å²) in [6.45, 7) is -0.234. The van der Waals surface area contributed by atoms with Gasteiger partial charge in [-0.25, -0.2) is 12.8 Å². The van der Waals surface area contributed by atoms with Crippen molar-refractivity contribution in [2.24, 2.45) is 0 Å². The summed E-state index contributed by atoms with van der Waals surface area (Å²) in [4.78, 5) is 16.6. The molecule has 0 unspecified atom stereocenters. The number of carbonyl (C=O) groups is 1. The number of rotatable bonds is 4. The molecular weight excluding hydrogens is 381 g/mol. The van der Waals surface area contributed by atoms with Crippen LogP contribution in [0.1, 0.15) is 5.69 Å². The van der Waals surface area contributed by atoms with Gasteiger partial charge in [-0.05, 0) is 36.4 Å². The van der Waals surface area contributed by atoms with E-state index in [0.717, 1.165) is 4.31 Å². The number of carbonyl (C=O) groups excluding carboxylic acids is 1. The summed E-state index contributed by atoms with van der Waals surface area (Å²) < 4.78 is 41.0. The number of pyridine rings is 1. The summed E-state index contributed by atoms with van der Waals surface area (Å²) in [5.41, 5.74) is 1.78. The van der Waals surface area contributed by atoms with Gasteiger partial charge in [0, 0.05) is 17.3 Å². The number of hydrogen-bond acceptors (Lipinski definition) is 4. The molecule has 0 fully saturated rings. The second-order valence-corrected chi connectivity index (χ2v) is 8.10. The molecule has 2 heterocycles. The first-order chi connectivity index (χ1) is 13.5. The Bertz CT molecular complexity index is 1150. The van der Waals surface area contributed by atoms with Crippen LogP contribution in [0.15, 0.2) is 71.8 Å². The number of nitrogens with one attached hydrogen (secondary N) is 1. The quantitative estimate of drug-likeness (QED) is 0.734. The van der Waals surface area contributed by atoms with Crippen molar-refractivity contribution in [1.29, 1.82) is 0 Å². The van der Waals surface area contributed by atoms with Crippen LogP contribution in [0.5, 0.6) is 0 Å². The maximum Gasteiger partial charge on any atom is 0.265 e. The van der Waals surface area contributed by atoms with E-state index in [0.29, 0.717) is 16.8 Å². The molecule has 0 radical (unpaired) electrons. The summed E-state index contributed by atoms with van der Waals surface area (Å²) in [5.74, 6) is -0.962. The zero-order valence-corrected chi connectivity index (χ0v) is 15.5. The van der Waals surface area contributed by atoms with Gasteiger partial charge >= 0.3 is 0 Å². The van der Waals surface area contributed by atoms with Crippen LogP contribution in [0, 0.1) is 5.82 Å². The van der Waals surface area contributed by atoms with Crippen molar-refractivity contribution in [3.05, 3.63) is 78.4 Å². The normalized spacial score (nSPS) is 14.1. The SMILES string of the molecule is O=C(CN1c2ccc(F)cc2-c2ccccc2S1(=O)=O)NCc1ccccn1. The molecule has 28 heavy (non-hydrogen) atoms. The lowest BCUT2D eigenvalue weighted by Gasteiger charge is -2.31. The van der Waals surface area contributed by atoms with Crippen LogP contribution in [-0.4, -0.2) is 25.9 Å². The Kier molecular flexibility index (Phi) is 4.56. The topological polar surface area (TPSA) is 79.4 Å². The zero-order chi connectivity index (χ0) is 19.7. The van der Waals surface area contributed by atoms with E-state index in [9.17, 15) is 17.6 Å². The molecule has 3 aromatic rings. The number of sulfonamides is 1. The molecule has 8 heteroatoms. The van der Waals surface area contributed by atoms with Crippen LogP contribution < -0.4 is 9.62 Å². The molecule has 0 spiro atoms. The number of aromatic nitrogens is 1. The van der Waals surface area contributed by atoms with E-state index in [1.807, 2.05) is 0 Å². The van der Waals surface area contributed by atoms with Gasteiger partial charge in [0.05, 0.1) is 22.8 Å². The lowest BCUT2D eigenvalue weighted by Crippen LogP contribution is -2.42. The van der Waals surface area contributed by atoms with Gasteiger partial charge in [0.1, 0.15) is 12.4 Å². The average molecular weight is 397 g/mol. The van der Waals surface area contributed by atoms with Crippen molar-refractivity contribution in [2.75, 3.05) is 10.8 Å². The van der Waals surface area contributed by atoms with Crippen LogP contribution in [0.2, 0.25) is 0 Å². The Morgan fingerprint density at radius 2 is 1.82 bits per heavy atom. The fourth-order valence-electron chi connectivity index (χ4n) is 3.15. The molecule has 1 aliphatic rings. The fourth-order valence-corrected chi connectivity index (χ4v) is 4.80. The molecule has 1 amide bonds. The summed E-state index contributed by atoms with van der Waals surface area (Å²) in [6.07, 6.45) is 1.61. The molecule has 0 bridgehead atoms. The molecule has 1 N–H and O–H groups in total. The molecule has 0 aliphatic carbocycles. The average Bonchev–Trinajstić information content (AvgIpc) is 2.71. The van der Waals surface area contributed by atoms with Crippen molar-refractivity contribution < 1.29 is 17.6 Å². The summed E-state index contributed by atoms with van der Waals surface area (Å²) in [5, 5.41) is 2.67. The van der Waals surface area contributed by atoms with E-state index in [1.54, 1.807) is 42.6 Å². The van der Waals surface area contributed by atoms with E-state index >= 15 is 0 Å². The maximum atomic E-state index is 13.8. The van der Waals surface area contributed by atoms with Crippen LogP contribution in [-0.2, 0) is 21.4 Å². The minimum absolute atomic E-state index is 0.0469. The van der Waals surface area contributed by atoms with Gasteiger partial charge in [-0.1, -0.05) is 24.3 Å². The highest BCUT2D eigenvalue weighted by molar-refractivity contribution is 7.93. The summed E-state index contributed by atoms with van der Waals surface area (Å²) >= 11 is 0. The molecule has 0 atom stereocenters. The van der Waals surface area contributed by atoms with Gasteiger partial charge in [-0.3, -0.25) is 14.1 Å². The van der Waals surface area contributed by atoms with Crippen LogP contribution in [0.4, 0.5) is 10.1 Å². The standard InChI is InChI=1S/C20H16FN3O3S/c21-14-8-9-18-17(11-14)16-6-1-2-7-19(16)28(26,27)24(18)13-20(25)23-12-15-5-3-4-10-22-15/h1-11H,12-13H2,(H,23,25). The Hall–Kier alpha value is -3.26. The molecule has 1 aromatic heterocycles. The number of halogens is 1. The van der Waals surface area contributed by atoms with Gasteiger partial charge < -0.3 is 5.32 Å². The fraction of sp³-hybridized carbons (Fsp3) is 0.100. The third-order valence-corrected chi connectivity index (χ3v) is 6.27. The number of nitrogens with zero attached hydrogens (tertiary/aromatic N) is 2. The minimum Gasteiger partial charge on any atom is -0.349 e. The molecule has 4 rings (SSSR count). The van der Waals surface area contributed by atoms with E-state index in [4.69, 9.17) is 0 Å². The molecule has 6 nitrogen and oxygen atoms in total. The Morgan fingerprint density at radius 3 is 2.61 bits per heavy atom. The van der Waals surface area contributed by atoms with Gasteiger partial charge in [-0.15, -0.1) is 0 Å². The Labute approximate surface area is 161 Å². The van der Waals surface area contributed by atoms with E-state index in [-0.39, 0.29) is 17.1 Å². The van der Waals surface area contributed by atoms with Gasteiger partial charge in [0.25, 0.3) is 10.0 Å². The molecule has 1 aliphatic heterocycles. The smallest absolute Gasteiger partial charge is 0.265 e. The Balaban J connectivity index is 1.66. The molecule has 2 aromatic carbocycles. The molecular formula is C20H16FN3O3S. The second kappa shape index (κ2) is 7.05. The highest BCUT2D eigenvalue weighted by Gasteiger charge is 2.35. The van der Waals surface area contributed by atoms with E-state index in [1.165, 1.54) is 24.3 Å². The number of anilines is 1. The van der Waals surface area contributed by atoms with Gasteiger partial charge in [0.2, 0.25) is 5.91 Å². The third-order valence-electron chi connectivity index (χ3n) is 4.45. The van der Waals surface area contributed by atoms with Crippen LogP contribution in [0.25, 0.3) is 11.1 Å². The first-order valence-corrected chi connectivity index (χ1v) is 9.99. The summed E-state index contributed by atoms with van der Waals surface area (Å²) in [7, 11) is -3.95. The Morgan fingerprint density at radius 1 is 1.04 bits per heavy atom. The van der Waals surface area contributed by atoms with E-state index in [2.05, 4.69) is 10.3 Å². The second-order valence-electron chi connectivity index (χ2n) is 6.27. The van der Waals surface area contributed by atoms with Crippen molar-refractivity contribution in [2.45, 2.75) is 11.4 Å². The predicted molar refractivity (Wildman–Crippen MR) is 102 cm³/mol. The minimum atomic E-state index is -3.95. The third kappa shape index (κ3) is 3.22. The van der Waals surface area contributed by atoms with Crippen molar-refractivity contribution >= 4 is 21.6 Å². The predicted octanol–water partition coefficient (Wildman–Crippen LogP) is 2.71. The lowest BCUT2D eigenvalue weighted by molar-refractivity contribution is -0.119. The number of hydrogen-bond donors (Lipinski definition) is 1.